The van der Waals surface area contributed by atoms with Gasteiger partial charge < -0.3 is 4.74 Å². The SMILES string of the molecule is C=Cc1ccc(OCS(=O)(=O)C(F)(F)C(F)(F)C(F)(F)S(=O)(=O)[N+](=O)S(=O)(=O)C(F)(F)F)cc1. The monoisotopic (exact) mass is 574 g/mol. The molecule has 0 atom stereocenters. The zero-order chi connectivity index (χ0) is 27.2. The normalized spacial score (nSPS) is 14.5. The van der Waals surface area contributed by atoms with Crippen LogP contribution in [0.2, 0.25) is 0 Å². The number of rotatable bonds is 10. The summed E-state index contributed by atoms with van der Waals surface area (Å²) in [5.74, 6) is -10.8. The molecular formula is C13H9F9NO8S3+. The van der Waals surface area contributed by atoms with Gasteiger partial charge in [-0.3, -0.25) is 0 Å². The third-order valence-corrected chi connectivity index (χ3v) is 8.54. The van der Waals surface area contributed by atoms with E-state index < -0.39 is 67.1 Å². The van der Waals surface area contributed by atoms with Gasteiger partial charge in [0.1, 0.15) is 5.75 Å². The molecule has 0 unspecified atom stereocenters. The Morgan fingerprint density at radius 2 is 1.24 bits per heavy atom. The van der Waals surface area contributed by atoms with Gasteiger partial charge in [-0.1, -0.05) is 24.8 Å². The van der Waals surface area contributed by atoms with E-state index in [-0.39, 0.29) is 0 Å². The molecule has 1 aromatic carbocycles. The second kappa shape index (κ2) is 8.66. The predicted octanol–water partition coefficient (Wildman–Crippen LogP) is 2.86. The van der Waals surface area contributed by atoms with Crippen LogP contribution in [0, 0.1) is 4.91 Å². The smallest absolute Gasteiger partial charge is 0.478 e. The highest BCUT2D eigenvalue weighted by atomic mass is 32.3. The van der Waals surface area contributed by atoms with Crippen LogP contribution < -0.4 is 4.74 Å². The Morgan fingerprint density at radius 3 is 1.62 bits per heavy atom. The third kappa shape index (κ3) is 4.59. The first-order valence-corrected chi connectivity index (χ1v) is 12.2. The summed E-state index contributed by atoms with van der Waals surface area (Å²) in [7, 11) is -23.2. The van der Waals surface area contributed by atoms with E-state index in [1.807, 2.05) is 0 Å². The molecule has 34 heavy (non-hydrogen) atoms. The maximum absolute atomic E-state index is 14.0. The Balaban J connectivity index is 3.44. The first-order valence-electron chi connectivity index (χ1n) is 7.66. The Kier molecular flexibility index (Phi) is 7.54. The minimum atomic E-state index is -8.36. The lowest BCUT2D eigenvalue weighted by Crippen LogP contribution is -2.63. The number of sulfone groups is 1. The summed E-state index contributed by atoms with van der Waals surface area (Å²) in [6.45, 7) is 3.32. The molecule has 0 spiro atoms. The number of hydrogen-bond acceptors (Lipinski definition) is 8. The number of nitroso groups, excluding NO2 is 1. The van der Waals surface area contributed by atoms with Crippen LogP contribution in [0.25, 0.3) is 6.08 Å². The van der Waals surface area contributed by atoms with Crippen molar-refractivity contribution in [2.45, 2.75) is 21.9 Å². The summed E-state index contributed by atoms with van der Waals surface area (Å²) in [6.07, 6.45) is 1.25. The lowest BCUT2D eigenvalue weighted by molar-refractivity contribution is -0.283. The van der Waals surface area contributed by atoms with Gasteiger partial charge in [0.05, 0.1) is 4.91 Å². The number of halogens is 9. The molecule has 0 fully saturated rings. The minimum absolute atomic E-state index is 0.368. The van der Waals surface area contributed by atoms with Crippen LogP contribution >= 0.6 is 0 Å². The van der Waals surface area contributed by atoms with E-state index >= 15 is 0 Å². The van der Waals surface area contributed by atoms with Gasteiger partial charge in [0.15, 0.2) is 5.94 Å². The molecule has 1 rings (SSSR count). The van der Waals surface area contributed by atoms with Crippen LogP contribution in [0.5, 0.6) is 5.75 Å². The van der Waals surface area contributed by atoms with Crippen LogP contribution in [0.3, 0.4) is 0 Å². The molecule has 0 saturated heterocycles. The number of ether oxygens (including phenoxy) is 1. The molecule has 194 valence electrons. The van der Waals surface area contributed by atoms with Crippen molar-refractivity contribution < 1.29 is 73.1 Å². The van der Waals surface area contributed by atoms with Gasteiger partial charge >= 0.3 is 42.0 Å². The molecule has 0 amide bonds. The van der Waals surface area contributed by atoms with Crippen molar-refractivity contribution in [3.63, 3.8) is 0 Å². The largest absolute Gasteiger partial charge is 0.566 e. The predicted molar refractivity (Wildman–Crippen MR) is 93.3 cm³/mol. The lowest BCUT2D eigenvalue weighted by atomic mass is 10.2. The third-order valence-electron chi connectivity index (χ3n) is 3.63. The van der Waals surface area contributed by atoms with Crippen LogP contribution in [-0.2, 0) is 29.9 Å². The summed E-state index contributed by atoms with van der Waals surface area (Å²) in [6, 6.07) is 4.07. The molecule has 21 heteroatoms. The van der Waals surface area contributed by atoms with Crippen molar-refractivity contribution >= 4 is 36.0 Å². The van der Waals surface area contributed by atoms with Gasteiger partial charge in [-0.15, -0.1) is 8.42 Å². The summed E-state index contributed by atoms with van der Waals surface area (Å²) in [4.78, 5) is 10.9. The zero-order valence-electron chi connectivity index (χ0n) is 15.6. The first-order chi connectivity index (χ1) is 14.9. The van der Waals surface area contributed by atoms with Crippen molar-refractivity contribution in [1.82, 2.24) is 0 Å². The van der Waals surface area contributed by atoms with E-state index in [1.165, 1.54) is 6.08 Å². The fraction of sp³-hybridized carbons (Fsp3) is 0.385. The van der Waals surface area contributed by atoms with E-state index in [9.17, 15) is 69.7 Å². The van der Waals surface area contributed by atoms with Crippen LogP contribution in [0.1, 0.15) is 5.56 Å². The Bertz CT molecular complexity index is 1290. The molecule has 1 aromatic rings. The highest BCUT2D eigenvalue weighted by molar-refractivity contribution is 7.98. The van der Waals surface area contributed by atoms with Gasteiger partial charge in [-0.25, -0.2) is 8.42 Å². The van der Waals surface area contributed by atoms with Crippen molar-refractivity contribution in [1.29, 1.82) is 0 Å². The minimum Gasteiger partial charge on any atom is -0.478 e. The fourth-order valence-corrected chi connectivity index (χ4v) is 5.15. The number of nitrogens with zero attached hydrogens (tertiary/aromatic N) is 1. The number of sulfonamides is 2. The molecule has 0 aliphatic heterocycles. The maximum Gasteiger partial charge on any atom is 0.566 e. The molecule has 0 bridgehead atoms. The number of alkyl halides is 9. The molecule has 0 N–H and O–H groups in total. The van der Waals surface area contributed by atoms with E-state index in [0.29, 0.717) is 5.56 Å². The topological polar surface area (TPSA) is 132 Å². The van der Waals surface area contributed by atoms with Gasteiger partial charge in [0.2, 0.25) is 0 Å². The number of hydrogen-bond donors (Lipinski definition) is 0. The Labute approximate surface area is 184 Å². The van der Waals surface area contributed by atoms with E-state index in [2.05, 4.69) is 11.3 Å². The van der Waals surface area contributed by atoms with Crippen LogP contribution in [-0.4, -0.2) is 56.7 Å². The average Bonchev–Trinajstić information content (AvgIpc) is 2.70. The second-order valence-electron chi connectivity index (χ2n) is 5.88. The molecule has 0 aliphatic rings. The maximum atomic E-state index is 14.0. The van der Waals surface area contributed by atoms with Crippen molar-refractivity contribution in [3.8, 4) is 5.75 Å². The average molecular weight is 574 g/mol. The van der Waals surface area contributed by atoms with Crippen LogP contribution in [0.15, 0.2) is 30.8 Å². The molecular weight excluding hydrogens is 565 g/mol. The van der Waals surface area contributed by atoms with Gasteiger partial charge in [-0.2, -0.15) is 47.9 Å². The first kappa shape index (κ1) is 29.6. The Hall–Kier alpha value is -2.42. The van der Waals surface area contributed by atoms with Gasteiger partial charge in [-0.05, 0) is 17.7 Å². The lowest BCUT2D eigenvalue weighted by Gasteiger charge is -2.28. The molecule has 0 saturated carbocycles. The van der Waals surface area contributed by atoms with Gasteiger partial charge in [0, 0.05) is 0 Å². The molecule has 9 nitrogen and oxygen atoms in total. The van der Waals surface area contributed by atoms with E-state index in [1.54, 1.807) is 0 Å². The van der Waals surface area contributed by atoms with Crippen molar-refractivity contribution in [2.24, 2.45) is 0 Å². The summed E-state index contributed by atoms with van der Waals surface area (Å²) in [5, 5.41) is -14.8. The molecule has 0 heterocycles. The highest BCUT2D eigenvalue weighted by Crippen LogP contribution is 2.52. The van der Waals surface area contributed by atoms with E-state index in [0.717, 1.165) is 24.3 Å². The van der Waals surface area contributed by atoms with E-state index in [4.69, 9.17) is 0 Å². The highest BCUT2D eigenvalue weighted by Gasteiger charge is 2.87. The summed E-state index contributed by atoms with van der Waals surface area (Å²) >= 11 is 0. The van der Waals surface area contributed by atoms with Crippen molar-refractivity contribution in [3.05, 3.63) is 41.3 Å². The Morgan fingerprint density at radius 1 is 0.794 bits per heavy atom. The molecule has 0 radical (unpaired) electrons. The van der Waals surface area contributed by atoms with Crippen molar-refractivity contribution in [2.75, 3.05) is 5.94 Å². The zero-order valence-corrected chi connectivity index (χ0v) is 18.1. The summed E-state index contributed by atoms with van der Waals surface area (Å²) < 4.78 is 188. The molecule has 0 aliphatic carbocycles. The fourth-order valence-electron chi connectivity index (χ4n) is 1.75. The standard InChI is InChI=1S/C13H9F9NO8S3/c1-2-8-3-5-9(6-4-8)31-7-32(25,26)11(16,17)10(14,15)12(18,19)33(27,28)23(24)34(29,30)13(20,21)22/h2-6H,1,7H2/q+1. The summed E-state index contributed by atoms with van der Waals surface area (Å²) in [5.41, 5.74) is -6.58. The van der Waals surface area contributed by atoms with Gasteiger partial charge in [0.25, 0.3) is 13.4 Å². The molecule has 0 aromatic heterocycles. The quantitative estimate of drug-likeness (QED) is 0.308. The second-order valence-corrected chi connectivity index (χ2v) is 11.6. The number of benzene rings is 1. The van der Waals surface area contributed by atoms with Crippen LogP contribution in [0.4, 0.5) is 39.5 Å².